The molecule has 1 heterocycles. The van der Waals surface area contributed by atoms with Gasteiger partial charge in [0, 0.05) is 5.92 Å². The van der Waals surface area contributed by atoms with Crippen LogP contribution in [0.1, 0.15) is 33.6 Å². The molecule has 1 rings (SSSR count). The number of esters is 1. The van der Waals surface area contributed by atoms with Crippen molar-refractivity contribution in [3.05, 3.63) is 0 Å². The maximum absolute atomic E-state index is 11.6. The summed E-state index contributed by atoms with van der Waals surface area (Å²) >= 11 is 1.87. The second-order valence-corrected chi connectivity index (χ2v) is 5.57. The molecule has 0 aromatic rings. The lowest BCUT2D eigenvalue weighted by Crippen LogP contribution is -2.94. The summed E-state index contributed by atoms with van der Waals surface area (Å²) < 4.78 is 5.21. The quantitative estimate of drug-likeness (QED) is 0.568. The lowest BCUT2D eigenvalue weighted by atomic mass is 10.2. The third-order valence-corrected chi connectivity index (χ3v) is 4.23. The molecule has 2 atom stereocenters. The number of unbranched alkanes of at least 4 members (excludes halogenated alkanes) is 1. The molecule has 4 heteroatoms. The molecule has 0 aromatic carbocycles. The van der Waals surface area contributed by atoms with Gasteiger partial charge >= 0.3 is 5.97 Å². The van der Waals surface area contributed by atoms with Crippen LogP contribution in [0.4, 0.5) is 0 Å². The molecule has 0 saturated carbocycles. The third-order valence-electron chi connectivity index (χ3n) is 2.59. The predicted molar refractivity (Wildman–Crippen MR) is 62.7 cm³/mol. The number of carbonyl (C=O) groups excluding carboxylic acids is 1. The zero-order valence-electron chi connectivity index (χ0n) is 9.86. The fourth-order valence-corrected chi connectivity index (χ4v) is 2.90. The van der Waals surface area contributed by atoms with E-state index in [1.807, 2.05) is 11.8 Å². The van der Waals surface area contributed by atoms with Crippen LogP contribution in [0.25, 0.3) is 0 Å². The van der Waals surface area contributed by atoms with Gasteiger partial charge in [-0.1, -0.05) is 39.0 Å². The number of carbonyl (C=O) groups is 1. The van der Waals surface area contributed by atoms with E-state index < -0.39 is 0 Å². The van der Waals surface area contributed by atoms with Crippen LogP contribution < -0.4 is 5.32 Å². The van der Waals surface area contributed by atoms with E-state index in [-0.39, 0.29) is 12.0 Å². The Morgan fingerprint density at radius 2 is 2.33 bits per heavy atom. The van der Waals surface area contributed by atoms with Gasteiger partial charge in [-0.2, -0.15) is 0 Å². The molecule has 0 spiro atoms. The number of hydrogen-bond donors (Lipinski definition) is 1. The lowest BCUT2D eigenvalue weighted by Gasteiger charge is -2.12. The molecule has 15 heavy (non-hydrogen) atoms. The largest absolute Gasteiger partial charge is 0.461 e. The maximum Gasteiger partial charge on any atom is 0.365 e. The van der Waals surface area contributed by atoms with Gasteiger partial charge in [0.1, 0.15) is 5.37 Å². The van der Waals surface area contributed by atoms with E-state index in [1.165, 1.54) is 0 Å². The van der Waals surface area contributed by atoms with Crippen LogP contribution in [0.3, 0.4) is 0 Å². The molecule has 0 aromatic heterocycles. The minimum absolute atomic E-state index is 0.0271. The van der Waals surface area contributed by atoms with Crippen molar-refractivity contribution >= 4 is 17.7 Å². The van der Waals surface area contributed by atoms with E-state index in [0.717, 1.165) is 18.6 Å². The number of hydrogen-bond acceptors (Lipinski definition) is 3. The predicted octanol–water partition coefficient (Wildman–Crippen LogP) is 0.991. The van der Waals surface area contributed by atoms with Gasteiger partial charge in [-0.05, 0) is 6.42 Å². The molecule has 0 radical (unpaired) electrons. The highest BCUT2D eigenvalue weighted by Crippen LogP contribution is 2.18. The topological polar surface area (TPSA) is 42.9 Å². The molecule has 1 fully saturated rings. The van der Waals surface area contributed by atoms with Gasteiger partial charge in [-0.15, -0.1) is 0 Å². The molecular formula is C11H22NO2S+. The van der Waals surface area contributed by atoms with Crippen LogP contribution in [0.15, 0.2) is 0 Å². The Balaban J connectivity index is 2.24. The molecule has 1 aliphatic heterocycles. The van der Waals surface area contributed by atoms with Crippen molar-refractivity contribution in [2.24, 2.45) is 5.92 Å². The van der Waals surface area contributed by atoms with E-state index in [1.54, 1.807) is 0 Å². The minimum atomic E-state index is -0.0286. The number of thioether (sulfide) groups is 1. The van der Waals surface area contributed by atoms with Crippen molar-refractivity contribution in [2.45, 2.75) is 45.0 Å². The van der Waals surface area contributed by atoms with Crippen LogP contribution in [-0.4, -0.2) is 29.7 Å². The van der Waals surface area contributed by atoms with E-state index in [9.17, 15) is 4.79 Å². The van der Waals surface area contributed by atoms with Crippen molar-refractivity contribution in [1.29, 1.82) is 0 Å². The van der Waals surface area contributed by atoms with Gasteiger partial charge in [0.05, 0.1) is 12.4 Å². The molecule has 88 valence electrons. The molecule has 0 amide bonds. The third kappa shape index (κ3) is 4.03. The smallest absolute Gasteiger partial charge is 0.365 e. The number of quaternary nitrogens is 1. The maximum atomic E-state index is 11.6. The summed E-state index contributed by atoms with van der Waals surface area (Å²) in [5, 5.41) is 2.68. The van der Waals surface area contributed by atoms with Crippen LogP contribution >= 0.6 is 11.8 Å². The lowest BCUT2D eigenvalue weighted by molar-refractivity contribution is -0.684. The van der Waals surface area contributed by atoms with E-state index in [2.05, 4.69) is 26.1 Å². The zero-order valence-corrected chi connectivity index (χ0v) is 10.7. The highest BCUT2D eigenvalue weighted by atomic mass is 32.2. The molecule has 0 unspecified atom stereocenters. The SMILES string of the molecule is CCCCOC(=O)[C@H]1CS[C@@H](C(C)C)[NH2+]1. The fourth-order valence-electron chi connectivity index (χ4n) is 1.54. The van der Waals surface area contributed by atoms with Crippen LogP contribution in [-0.2, 0) is 9.53 Å². The van der Waals surface area contributed by atoms with E-state index in [0.29, 0.717) is 17.9 Å². The van der Waals surface area contributed by atoms with E-state index in [4.69, 9.17) is 4.74 Å². The first kappa shape index (κ1) is 12.8. The Morgan fingerprint density at radius 3 is 2.87 bits per heavy atom. The van der Waals surface area contributed by atoms with Gasteiger partial charge in [-0.3, -0.25) is 0 Å². The van der Waals surface area contributed by atoms with Crippen molar-refractivity contribution in [3.8, 4) is 0 Å². The summed E-state index contributed by atoms with van der Waals surface area (Å²) in [6, 6.07) is 0.0271. The Bertz CT molecular complexity index is 209. The van der Waals surface area contributed by atoms with Crippen molar-refractivity contribution in [3.63, 3.8) is 0 Å². The summed E-state index contributed by atoms with van der Waals surface area (Å²) in [5.41, 5.74) is 0. The summed E-state index contributed by atoms with van der Waals surface area (Å²) in [4.78, 5) is 11.6. The van der Waals surface area contributed by atoms with Crippen molar-refractivity contribution in [1.82, 2.24) is 0 Å². The zero-order chi connectivity index (χ0) is 11.3. The highest BCUT2D eigenvalue weighted by Gasteiger charge is 2.36. The first-order valence-electron chi connectivity index (χ1n) is 5.78. The van der Waals surface area contributed by atoms with Gasteiger partial charge in [0.2, 0.25) is 0 Å². The molecule has 0 aliphatic carbocycles. The highest BCUT2D eigenvalue weighted by molar-refractivity contribution is 7.99. The molecule has 0 bridgehead atoms. The first-order chi connectivity index (χ1) is 7.15. The van der Waals surface area contributed by atoms with Crippen LogP contribution in [0.5, 0.6) is 0 Å². The van der Waals surface area contributed by atoms with Gasteiger partial charge in [0.15, 0.2) is 6.04 Å². The van der Waals surface area contributed by atoms with Gasteiger partial charge in [0.25, 0.3) is 0 Å². The second-order valence-electron chi connectivity index (χ2n) is 4.36. The average molecular weight is 232 g/mol. The number of nitrogens with two attached hydrogens (primary N) is 1. The Labute approximate surface area is 96.3 Å². The molecule has 1 aliphatic rings. The summed E-state index contributed by atoms with van der Waals surface area (Å²) in [6.45, 7) is 7.06. The van der Waals surface area contributed by atoms with E-state index >= 15 is 0 Å². The molecule has 2 N–H and O–H groups in total. The minimum Gasteiger partial charge on any atom is -0.461 e. The van der Waals surface area contributed by atoms with Gasteiger partial charge in [-0.25, -0.2) is 4.79 Å². The summed E-state index contributed by atoms with van der Waals surface area (Å²) in [5.74, 6) is 1.48. The number of rotatable bonds is 5. The van der Waals surface area contributed by atoms with Crippen LogP contribution in [0, 0.1) is 5.92 Å². The first-order valence-corrected chi connectivity index (χ1v) is 6.83. The summed E-state index contributed by atoms with van der Waals surface area (Å²) in [7, 11) is 0. The summed E-state index contributed by atoms with van der Waals surface area (Å²) in [6.07, 6.45) is 2.05. The standard InChI is InChI=1S/C11H21NO2S/c1-4-5-6-14-11(13)9-7-15-10(12-9)8(2)3/h8-10,12H,4-7H2,1-3H3/p+1/t9-,10+/m1/s1. The molecule has 3 nitrogen and oxygen atoms in total. The Hall–Kier alpha value is -0.220. The van der Waals surface area contributed by atoms with Crippen LogP contribution in [0.2, 0.25) is 0 Å². The normalized spacial score (nSPS) is 25.9. The second kappa shape index (κ2) is 6.38. The van der Waals surface area contributed by atoms with Crippen molar-refractivity contribution < 1.29 is 14.8 Å². The molecule has 1 saturated heterocycles. The van der Waals surface area contributed by atoms with Gasteiger partial charge < -0.3 is 10.1 Å². The Morgan fingerprint density at radius 1 is 1.60 bits per heavy atom. The number of ether oxygens (including phenoxy) is 1. The monoisotopic (exact) mass is 232 g/mol. The fraction of sp³-hybridized carbons (Fsp3) is 0.909. The molecular weight excluding hydrogens is 210 g/mol. The van der Waals surface area contributed by atoms with Crippen molar-refractivity contribution in [2.75, 3.05) is 12.4 Å². The average Bonchev–Trinajstić information content (AvgIpc) is 2.66. The Kier molecular flexibility index (Phi) is 5.47.